The van der Waals surface area contributed by atoms with E-state index in [1.54, 1.807) is 0 Å². The summed E-state index contributed by atoms with van der Waals surface area (Å²) >= 11 is 0. The van der Waals surface area contributed by atoms with Gasteiger partial charge >= 0.3 is 0 Å². The summed E-state index contributed by atoms with van der Waals surface area (Å²) in [6.45, 7) is 0. The Hall–Kier alpha value is -3.09. The molecule has 0 heterocycles. The lowest BCUT2D eigenvalue weighted by molar-refractivity contribution is 0.1000. The van der Waals surface area contributed by atoms with Crippen molar-refractivity contribution in [1.82, 2.24) is 0 Å². The molecule has 2 aromatic carbocycles. The highest BCUT2D eigenvalue weighted by molar-refractivity contribution is 6.03. The maximum atomic E-state index is 11.4. The minimum atomic E-state index is -0.946. The molecule has 0 unspecified atom stereocenters. The molecule has 0 saturated heterocycles. The fourth-order valence-corrected chi connectivity index (χ4v) is 1.81. The molecule has 0 bridgehead atoms. The number of phenols is 5. The van der Waals surface area contributed by atoms with Crippen LogP contribution in [0, 0.1) is 0 Å². The molecule has 7 nitrogen and oxygen atoms in total. The van der Waals surface area contributed by atoms with Crippen molar-refractivity contribution in [1.29, 1.82) is 0 Å². The first-order valence-electron chi connectivity index (χ1n) is 5.43. The summed E-state index contributed by atoms with van der Waals surface area (Å²) in [7, 11) is 0. The van der Waals surface area contributed by atoms with Crippen molar-refractivity contribution in [2.75, 3.05) is 0 Å². The van der Waals surface area contributed by atoms with Gasteiger partial charge in [0, 0.05) is 5.56 Å². The van der Waals surface area contributed by atoms with E-state index in [1.165, 1.54) is 6.07 Å². The summed E-state index contributed by atoms with van der Waals surface area (Å²) in [4.78, 5) is 11.4. The number of primary amides is 1. The number of carbonyl (C=O) groups is 1. The zero-order valence-electron chi connectivity index (χ0n) is 10.0. The van der Waals surface area contributed by atoms with Crippen LogP contribution in [0.1, 0.15) is 10.4 Å². The third kappa shape index (κ3) is 2.01. The molecule has 0 aliphatic rings. The van der Waals surface area contributed by atoms with E-state index >= 15 is 0 Å². The molecule has 2 aromatic rings. The van der Waals surface area contributed by atoms with Gasteiger partial charge in [-0.2, -0.15) is 0 Å². The first-order valence-corrected chi connectivity index (χ1v) is 5.43. The average Bonchev–Trinajstić information content (AvgIpc) is 2.39. The smallest absolute Gasteiger partial charge is 0.249 e. The summed E-state index contributed by atoms with van der Waals surface area (Å²) in [6, 6.07) is 4.41. The molecule has 0 radical (unpaired) electrons. The van der Waals surface area contributed by atoms with E-state index in [0.717, 1.165) is 18.2 Å². The van der Waals surface area contributed by atoms with E-state index in [0.29, 0.717) is 0 Å². The van der Waals surface area contributed by atoms with Crippen LogP contribution < -0.4 is 5.73 Å². The molecule has 7 N–H and O–H groups in total. The predicted octanol–water partition coefficient (Wildman–Crippen LogP) is 0.980. The summed E-state index contributed by atoms with van der Waals surface area (Å²) in [5.41, 5.74) is 4.87. The largest absolute Gasteiger partial charge is 0.504 e. The second kappa shape index (κ2) is 4.54. The number of benzene rings is 2. The van der Waals surface area contributed by atoms with Gasteiger partial charge in [-0.1, -0.05) is 6.07 Å². The van der Waals surface area contributed by atoms with Crippen molar-refractivity contribution in [3.8, 4) is 39.9 Å². The lowest BCUT2D eigenvalue weighted by atomic mass is 9.96. The first-order chi connectivity index (χ1) is 9.32. The van der Waals surface area contributed by atoms with Gasteiger partial charge in [-0.05, 0) is 23.8 Å². The van der Waals surface area contributed by atoms with Crippen LogP contribution >= 0.6 is 0 Å². The van der Waals surface area contributed by atoms with Gasteiger partial charge in [-0.25, -0.2) is 0 Å². The standard InChI is InChI=1S/C13H11NO6/c14-13(20)6-4-9(17)11(18)12(19)10(6)5-1-2-7(15)8(16)3-5/h1-4,15-19H,(H2,14,20). The van der Waals surface area contributed by atoms with Crippen molar-refractivity contribution in [3.63, 3.8) is 0 Å². The molecule has 0 fully saturated rings. The number of aromatic hydroxyl groups is 5. The fraction of sp³-hybridized carbons (Fsp3) is 0. The summed E-state index contributed by atoms with van der Waals surface area (Å²) in [5.74, 6) is -4.11. The lowest BCUT2D eigenvalue weighted by Crippen LogP contribution is -2.12. The van der Waals surface area contributed by atoms with Crippen molar-refractivity contribution in [2.24, 2.45) is 5.73 Å². The number of amides is 1. The summed E-state index contributed by atoms with van der Waals surface area (Å²) < 4.78 is 0. The van der Waals surface area contributed by atoms with Gasteiger partial charge in [-0.3, -0.25) is 4.79 Å². The van der Waals surface area contributed by atoms with Crippen molar-refractivity contribution in [3.05, 3.63) is 29.8 Å². The van der Waals surface area contributed by atoms with Crippen molar-refractivity contribution < 1.29 is 30.3 Å². The van der Waals surface area contributed by atoms with Crippen LogP contribution in [-0.2, 0) is 0 Å². The van der Waals surface area contributed by atoms with E-state index in [1.807, 2.05) is 0 Å². The monoisotopic (exact) mass is 277 g/mol. The van der Waals surface area contributed by atoms with Crippen molar-refractivity contribution >= 4 is 5.91 Å². The van der Waals surface area contributed by atoms with Gasteiger partial charge in [-0.15, -0.1) is 0 Å². The van der Waals surface area contributed by atoms with Gasteiger partial charge < -0.3 is 31.3 Å². The molecule has 1 amide bonds. The first kappa shape index (κ1) is 13.3. The molecule has 7 heteroatoms. The Bertz CT molecular complexity index is 710. The molecular formula is C13H11NO6. The molecule has 2 rings (SSSR count). The molecule has 0 saturated carbocycles. The average molecular weight is 277 g/mol. The van der Waals surface area contributed by atoms with Gasteiger partial charge in [0.05, 0.1) is 5.56 Å². The third-order valence-corrected chi connectivity index (χ3v) is 2.78. The van der Waals surface area contributed by atoms with Crippen LogP contribution in [-0.4, -0.2) is 31.4 Å². The Kier molecular flexibility index (Phi) is 3.03. The SMILES string of the molecule is NC(=O)c1cc(O)c(O)c(O)c1-c1ccc(O)c(O)c1. The highest BCUT2D eigenvalue weighted by Gasteiger charge is 2.22. The normalized spacial score (nSPS) is 10.4. The number of hydrogen-bond donors (Lipinski definition) is 6. The maximum Gasteiger partial charge on any atom is 0.249 e. The highest BCUT2D eigenvalue weighted by atomic mass is 16.3. The van der Waals surface area contributed by atoms with Crippen LogP contribution in [0.3, 0.4) is 0 Å². The van der Waals surface area contributed by atoms with Crippen LogP contribution in [0.4, 0.5) is 0 Å². The highest BCUT2D eigenvalue weighted by Crippen LogP contribution is 2.45. The Morgan fingerprint density at radius 1 is 0.850 bits per heavy atom. The Morgan fingerprint density at radius 3 is 2.05 bits per heavy atom. The molecule has 0 spiro atoms. The van der Waals surface area contributed by atoms with Gasteiger partial charge in [0.1, 0.15) is 0 Å². The van der Waals surface area contributed by atoms with E-state index in [4.69, 9.17) is 5.73 Å². The van der Waals surface area contributed by atoms with Crippen molar-refractivity contribution in [2.45, 2.75) is 0 Å². The Balaban J connectivity index is 2.81. The molecule has 0 aliphatic heterocycles. The molecule has 20 heavy (non-hydrogen) atoms. The molecule has 104 valence electrons. The maximum absolute atomic E-state index is 11.4. The predicted molar refractivity (Wildman–Crippen MR) is 68.7 cm³/mol. The topological polar surface area (TPSA) is 144 Å². The second-order valence-corrected chi connectivity index (χ2v) is 4.08. The van der Waals surface area contributed by atoms with E-state index in [-0.39, 0.29) is 16.7 Å². The molecule has 0 atom stereocenters. The zero-order valence-corrected chi connectivity index (χ0v) is 10.0. The Morgan fingerprint density at radius 2 is 1.50 bits per heavy atom. The third-order valence-electron chi connectivity index (χ3n) is 2.78. The van der Waals surface area contributed by atoms with Crippen LogP contribution in [0.25, 0.3) is 11.1 Å². The van der Waals surface area contributed by atoms with Gasteiger partial charge in [0.2, 0.25) is 11.7 Å². The summed E-state index contributed by atoms with van der Waals surface area (Å²) in [6.07, 6.45) is 0. The van der Waals surface area contributed by atoms with Gasteiger partial charge in [0.25, 0.3) is 0 Å². The fourth-order valence-electron chi connectivity index (χ4n) is 1.81. The molecular weight excluding hydrogens is 266 g/mol. The molecule has 0 aliphatic carbocycles. The van der Waals surface area contributed by atoms with E-state index in [2.05, 4.69) is 0 Å². The Labute approximate surface area is 112 Å². The van der Waals surface area contributed by atoms with Crippen LogP contribution in [0.2, 0.25) is 0 Å². The van der Waals surface area contributed by atoms with E-state index < -0.39 is 34.7 Å². The second-order valence-electron chi connectivity index (χ2n) is 4.08. The number of phenolic OH excluding ortho intramolecular Hbond substituents is 5. The lowest BCUT2D eigenvalue weighted by Gasteiger charge is -2.12. The molecule has 0 aromatic heterocycles. The summed E-state index contributed by atoms with van der Waals surface area (Å²) in [5, 5.41) is 47.5. The minimum Gasteiger partial charge on any atom is -0.504 e. The minimum absolute atomic E-state index is 0.127. The number of rotatable bonds is 2. The quantitative estimate of drug-likeness (QED) is 0.451. The van der Waals surface area contributed by atoms with Crippen LogP contribution in [0.5, 0.6) is 28.7 Å². The number of carbonyl (C=O) groups excluding carboxylic acids is 1. The van der Waals surface area contributed by atoms with Crippen LogP contribution in [0.15, 0.2) is 24.3 Å². The number of hydrogen-bond acceptors (Lipinski definition) is 6. The van der Waals surface area contributed by atoms with E-state index in [9.17, 15) is 30.3 Å². The van der Waals surface area contributed by atoms with Gasteiger partial charge in [0.15, 0.2) is 23.0 Å². The zero-order chi connectivity index (χ0) is 15.0. The number of nitrogens with two attached hydrogens (primary N) is 1.